The number of fused-ring (bicyclic) bond motifs is 1. The number of likely N-dealkylation sites (N-methyl/N-ethyl adjacent to an activating group) is 1. The normalized spacial score (nSPS) is 23.6. The minimum atomic E-state index is 0.226. The molecule has 0 aromatic heterocycles. The van der Waals surface area contributed by atoms with Gasteiger partial charge in [-0.05, 0) is 37.6 Å². The molecule has 2 fully saturated rings. The van der Waals surface area contributed by atoms with Crippen molar-refractivity contribution in [3.05, 3.63) is 23.8 Å². The van der Waals surface area contributed by atoms with Gasteiger partial charge in [0.2, 0.25) is 12.7 Å². The second-order valence-corrected chi connectivity index (χ2v) is 7.67. The summed E-state index contributed by atoms with van der Waals surface area (Å²) in [5, 5.41) is 2.98. The predicted octanol–water partition coefficient (Wildman–Crippen LogP) is 0.743. The van der Waals surface area contributed by atoms with Gasteiger partial charge in [0.1, 0.15) is 0 Å². The van der Waals surface area contributed by atoms with Crippen molar-refractivity contribution in [2.75, 3.05) is 59.7 Å². The molecule has 148 valence electrons. The first-order valence-corrected chi connectivity index (χ1v) is 10.0. The number of hydrogen-bond acceptors (Lipinski definition) is 6. The van der Waals surface area contributed by atoms with Gasteiger partial charge in [-0.25, -0.2) is 0 Å². The third-order valence-corrected chi connectivity index (χ3v) is 5.84. The summed E-state index contributed by atoms with van der Waals surface area (Å²) in [7, 11) is 1.83. The van der Waals surface area contributed by atoms with Crippen LogP contribution < -0.4 is 14.8 Å². The highest BCUT2D eigenvalue weighted by Crippen LogP contribution is 2.33. The molecule has 3 aliphatic rings. The van der Waals surface area contributed by atoms with Gasteiger partial charge in [0, 0.05) is 51.9 Å². The number of nitrogens with one attached hydrogen (secondary N) is 1. The number of hydrogen-bond donors (Lipinski definition) is 1. The molecule has 1 aromatic rings. The van der Waals surface area contributed by atoms with Crippen LogP contribution >= 0.6 is 0 Å². The van der Waals surface area contributed by atoms with E-state index in [0.29, 0.717) is 19.4 Å². The molecular formula is C20H30N4O3. The molecule has 0 aliphatic carbocycles. The Morgan fingerprint density at radius 3 is 2.78 bits per heavy atom. The Hall–Kier alpha value is -1.83. The maximum Gasteiger partial charge on any atom is 0.236 e. The number of nitrogens with zero attached hydrogens (tertiary/aromatic N) is 3. The number of ether oxygens (including phenoxy) is 2. The van der Waals surface area contributed by atoms with E-state index in [2.05, 4.69) is 27.2 Å². The van der Waals surface area contributed by atoms with Crippen molar-refractivity contribution in [3.63, 3.8) is 0 Å². The minimum absolute atomic E-state index is 0.226. The van der Waals surface area contributed by atoms with E-state index in [1.807, 2.05) is 18.0 Å². The average Bonchev–Trinajstić information content (AvgIpc) is 3.17. The maximum atomic E-state index is 12.2. The fourth-order valence-corrected chi connectivity index (χ4v) is 4.33. The number of amides is 1. The summed E-state index contributed by atoms with van der Waals surface area (Å²) in [5.74, 6) is 1.93. The summed E-state index contributed by atoms with van der Waals surface area (Å²) in [6.45, 7) is 7.77. The zero-order valence-corrected chi connectivity index (χ0v) is 16.2. The number of rotatable bonds is 5. The third kappa shape index (κ3) is 4.36. The number of piperidine rings is 1. The fourth-order valence-electron chi connectivity index (χ4n) is 4.33. The second kappa shape index (κ2) is 8.46. The van der Waals surface area contributed by atoms with Crippen LogP contribution in [-0.4, -0.2) is 86.3 Å². The van der Waals surface area contributed by atoms with E-state index in [4.69, 9.17) is 9.47 Å². The predicted molar refractivity (Wildman–Crippen MR) is 103 cm³/mol. The lowest BCUT2D eigenvalue weighted by atomic mass is 10.0. The van der Waals surface area contributed by atoms with Gasteiger partial charge in [-0.1, -0.05) is 6.07 Å². The first kappa shape index (κ1) is 18.5. The van der Waals surface area contributed by atoms with Crippen LogP contribution in [0.1, 0.15) is 18.4 Å². The van der Waals surface area contributed by atoms with Crippen LogP contribution in [0.3, 0.4) is 0 Å². The number of carbonyl (C=O) groups excluding carboxylic acids is 1. The zero-order valence-electron chi connectivity index (χ0n) is 16.2. The lowest BCUT2D eigenvalue weighted by molar-refractivity contribution is -0.132. The highest BCUT2D eigenvalue weighted by Gasteiger charge is 2.29. The molecule has 0 saturated carbocycles. The van der Waals surface area contributed by atoms with Gasteiger partial charge in [0.05, 0.1) is 6.54 Å². The van der Waals surface area contributed by atoms with Crippen molar-refractivity contribution in [1.29, 1.82) is 0 Å². The van der Waals surface area contributed by atoms with Gasteiger partial charge >= 0.3 is 0 Å². The lowest BCUT2D eigenvalue weighted by Gasteiger charge is -2.43. The summed E-state index contributed by atoms with van der Waals surface area (Å²) in [4.78, 5) is 19.3. The molecule has 2 saturated heterocycles. The molecule has 1 N–H and O–H groups in total. The standard InChI is InChI=1S/C20H30N4O3/c1-21-12-20(25)24-6-2-3-17(14-24)23-9-7-22(8-10-23)13-16-4-5-18-19(11-16)27-15-26-18/h4-5,11,17,21H,2-3,6-10,12-15H2,1H3/t17-/m1/s1. The number of piperazine rings is 1. The Labute approximate surface area is 161 Å². The average molecular weight is 374 g/mol. The van der Waals surface area contributed by atoms with Crippen LogP contribution in [0, 0.1) is 0 Å². The maximum absolute atomic E-state index is 12.2. The topological polar surface area (TPSA) is 57.3 Å². The van der Waals surface area contributed by atoms with Crippen molar-refractivity contribution in [2.24, 2.45) is 0 Å². The molecule has 1 amide bonds. The highest BCUT2D eigenvalue weighted by molar-refractivity contribution is 5.78. The Kier molecular flexibility index (Phi) is 5.80. The SMILES string of the molecule is CNCC(=O)N1CCC[C@@H](N2CCN(Cc3ccc4c(c3)OCO4)CC2)C1. The lowest BCUT2D eigenvalue weighted by Crippen LogP contribution is -2.56. The number of benzene rings is 1. The van der Waals surface area contributed by atoms with E-state index in [9.17, 15) is 4.79 Å². The molecule has 27 heavy (non-hydrogen) atoms. The monoisotopic (exact) mass is 374 g/mol. The van der Waals surface area contributed by atoms with Gasteiger partial charge in [-0.3, -0.25) is 14.6 Å². The molecule has 3 aliphatic heterocycles. The van der Waals surface area contributed by atoms with Gasteiger partial charge in [-0.15, -0.1) is 0 Å². The summed E-state index contributed by atoms with van der Waals surface area (Å²) in [6.07, 6.45) is 2.31. The molecule has 3 heterocycles. The Morgan fingerprint density at radius 1 is 1.15 bits per heavy atom. The molecular weight excluding hydrogens is 344 g/mol. The van der Waals surface area contributed by atoms with Gasteiger partial charge in [-0.2, -0.15) is 0 Å². The summed E-state index contributed by atoms with van der Waals surface area (Å²) in [6, 6.07) is 6.74. The summed E-state index contributed by atoms with van der Waals surface area (Å²) < 4.78 is 10.9. The summed E-state index contributed by atoms with van der Waals surface area (Å²) in [5.41, 5.74) is 1.27. The molecule has 1 atom stereocenters. The van der Waals surface area contributed by atoms with Crippen LogP contribution in [-0.2, 0) is 11.3 Å². The largest absolute Gasteiger partial charge is 0.454 e. The van der Waals surface area contributed by atoms with E-state index >= 15 is 0 Å². The molecule has 7 heteroatoms. The van der Waals surface area contributed by atoms with Gasteiger partial charge in [0.25, 0.3) is 0 Å². The van der Waals surface area contributed by atoms with Crippen LogP contribution in [0.4, 0.5) is 0 Å². The quantitative estimate of drug-likeness (QED) is 0.821. The molecule has 0 unspecified atom stereocenters. The smallest absolute Gasteiger partial charge is 0.236 e. The third-order valence-electron chi connectivity index (χ3n) is 5.84. The number of carbonyl (C=O) groups is 1. The van der Waals surface area contributed by atoms with E-state index in [-0.39, 0.29) is 5.91 Å². The first-order valence-electron chi connectivity index (χ1n) is 10.0. The van der Waals surface area contributed by atoms with Crippen LogP contribution in [0.25, 0.3) is 0 Å². The van der Waals surface area contributed by atoms with Crippen molar-refractivity contribution in [3.8, 4) is 11.5 Å². The van der Waals surface area contributed by atoms with Crippen molar-refractivity contribution in [2.45, 2.75) is 25.4 Å². The molecule has 1 aromatic carbocycles. The van der Waals surface area contributed by atoms with E-state index in [1.165, 1.54) is 12.0 Å². The van der Waals surface area contributed by atoms with Gasteiger partial charge < -0.3 is 19.7 Å². The van der Waals surface area contributed by atoms with E-state index in [1.54, 1.807) is 0 Å². The second-order valence-electron chi connectivity index (χ2n) is 7.67. The van der Waals surface area contributed by atoms with Crippen LogP contribution in [0.15, 0.2) is 18.2 Å². The van der Waals surface area contributed by atoms with Crippen LogP contribution in [0.2, 0.25) is 0 Å². The molecule has 0 bridgehead atoms. The zero-order chi connectivity index (χ0) is 18.6. The molecule has 0 radical (unpaired) electrons. The summed E-state index contributed by atoms with van der Waals surface area (Å²) >= 11 is 0. The Bertz CT molecular complexity index is 661. The minimum Gasteiger partial charge on any atom is -0.454 e. The van der Waals surface area contributed by atoms with E-state index in [0.717, 1.165) is 63.7 Å². The van der Waals surface area contributed by atoms with Crippen molar-refractivity contribution < 1.29 is 14.3 Å². The van der Waals surface area contributed by atoms with Crippen molar-refractivity contribution in [1.82, 2.24) is 20.0 Å². The first-order chi connectivity index (χ1) is 13.2. The van der Waals surface area contributed by atoms with Crippen LogP contribution in [0.5, 0.6) is 11.5 Å². The van der Waals surface area contributed by atoms with Crippen molar-refractivity contribution >= 4 is 5.91 Å². The Balaban J connectivity index is 1.27. The van der Waals surface area contributed by atoms with E-state index < -0.39 is 0 Å². The fraction of sp³-hybridized carbons (Fsp3) is 0.650. The Morgan fingerprint density at radius 2 is 1.96 bits per heavy atom. The highest BCUT2D eigenvalue weighted by atomic mass is 16.7. The van der Waals surface area contributed by atoms with Gasteiger partial charge in [0.15, 0.2) is 11.5 Å². The molecule has 0 spiro atoms. The molecule has 4 rings (SSSR count). The number of likely N-dealkylation sites (tertiary alicyclic amines) is 1. The molecule has 7 nitrogen and oxygen atoms in total.